The summed E-state index contributed by atoms with van der Waals surface area (Å²) in [5.41, 5.74) is 1.65. The lowest BCUT2D eigenvalue weighted by atomic mass is 9.86. The van der Waals surface area contributed by atoms with Gasteiger partial charge in [-0.1, -0.05) is 30.0 Å². The molecule has 0 saturated carbocycles. The number of Topliss-reactive ketones (excluding diaryl/α,β-unsaturated/α-hetero) is 1. The van der Waals surface area contributed by atoms with Crippen molar-refractivity contribution in [2.45, 2.75) is 27.0 Å². The minimum absolute atomic E-state index is 0. The van der Waals surface area contributed by atoms with E-state index in [0.29, 0.717) is 13.0 Å². The molecule has 0 aromatic heterocycles. The molecule has 1 unspecified atom stereocenters. The summed E-state index contributed by atoms with van der Waals surface area (Å²) in [6.45, 7) is 0.648. The Morgan fingerprint density at radius 3 is 2.42 bits per heavy atom. The number of sulfonamides is 1. The molecule has 2 N–H and O–H groups in total. The Balaban J connectivity index is 0.00000243. The Bertz CT molecular complexity index is 930. The molecule has 0 amide bonds. The molecule has 0 radical (unpaired) electrons. The van der Waals surface area contributed by atoms with Gasteiger partial charge in [0.25, 0.3) is 0 Å². The van der Waals surface area contributed by atoms with Gasteiger partial charge in [-0.3, -0.25) is 4.79 Å². The molecule has 0 spiro atoms. The van der Waals surface area contributed by atoms with Crippen molar-refractivity contribution in [2.24, 2.45) is 5.14 Å². The smallest absolute Gasteiger partial charge is 0.238 e. The molecule has 3 rings (SSSR count). The van der Waals surface area contributed by atoms with Crippen LogP contribution in [0.1, 0.15) is 23.5 Å². The summed E-state index contributed by atoms with van der Waals surface area (Å²) in [5.74, 6) is -0.386. The SMILES string of the molecule is CN(C)CCC(=O)C1c2ccccc2Sc2ccc(S(N)(=O)=O)cc21.Cl. The van der Waals surface area contributed by atoms with E-state index in [9.17, 15) is 13.2 Å². The zero-order valence-corrected chi connectivity index (χ0v) is 17.0. The van der Waals surface area contributed by atoms with Gasteiger partial charge >= 0.3 is 0 Å². The zero-order valence-electron chi connectivity index (χ0n) is 14.5. The lowest BCUT2D eigenvalue weighted by molar-refractivity contribution is -0.120. The van der Waals surface area contributed by atoms with Crippen LogP contribution in [0.2, 0.25) is 0 Å². The summed E-state index contributed by atoms with van der Waals surface area (Å²) in [6.07, 6.45) is 0.399. The van der Waals surface area contributed by atoms with Gasteiger partial charge in [-0.15, -0.1) is 12.4 Å². The van der Waals surface area contributed by atoms with Gasteiger partial charge in [0.2, 0.25) is 10.0 Å². The first-order chi connectivity index (χ1) is 11.8. The molecule has 0 bridgehead atoms. The van der Waals surface area contributed by atoms with Crippen molar-refractivity contribution in [2.75, 3.05) is 20.6 Å². The molecule has 1 aliphatic rings. The summed E-state index contributed by atoms with van der Waals surface area (Å²) in [7, 11) is 0.0259. The number of rotatable bonds is 5. The molecule has 5 nitrogen and oxygen atoms in total. The van der Waals surface area contributed by atoms with Crippen LogP contribution in [-0.2, 0) is 14.8 Å². The maximum absolute atomic E-state index is 13.0. The van der Waals surface area contributed by atoms with Gasteiger partial charge in [-0.2, -0.15) is 0 Å². The van der Waals surface area contributed by atoms with Gasteiger partial charge in [-0.25, -0.2) is 13.6 Å². The van der Waals surface area contributed by atoms with Crippen LogP contribution in [0.15, 0.2) is 57.2 Å². The summed E-state index contributed by atoms with van der Waals surface area (Å²) >= 11 is 1.55. The second-order valence-electron chi connectivity index (χ2n) is 6.34. The highest BCUT2D eigenvalue weighted by Crippen LogP contribution is 2.46. The van der Waals surface area contributed by atoms with Crippen molar-refractivity contribution in [1.29, 1.82) is 0 Å². The van der Waals surface area contributed by atoms with Crippen LogP contribution in [0.25, 0.3) is 0 Å². The van der Waals surface area contributed by atoms with Gasteiger partial charge in [0.05, 0.1) is 10.8 Å². The lowest BCUT2D eigenvalue weighted by Gasteiger charge is -2.27. The van der Waals surface area contributed by atoms with Crippen LogP contribution in [-0.4, -0.2) is 39.7 Å². The Labute approximate surface area is 164 Å². The van der Waals surface area contributed by atoms with Gasteiger partial charge < -0.3 is 4.90 Å². The van der Waals surface area contributed by atoms with Crippen molar-refractivity contribution in [3.63, 3.8) is 0 Å². The Morgan fingerprint density at radius 1 is 1.12 bits per heavy atom. The Hall–Kier alpha value is -1.38. The van der Waals surface area contributed by atoms with E-state index in [4.69, 9.17) is 5.14 Å². The molecule has 1 heterocycles. The third-order valence-electron chi connectivity index (χ3n) is 4.20. The highest BCUT2D eigenvalue weighted by molar-refractivity contribution is 7.99. The molecule has 0 saturated heterocycles. The number of ketones is 1. The fourth-order valence-corrected chi connectivity index (χ4v) is 4.61. The van der Waals surface area contributed by atoms with Crippen LogP contribution in [0.4, 0.5) is 0 Å². The monoisotopic (exact) mass is 412 g/mol. The highest BCUT2D eigenvalue weighted by Gasteiger charge is 2.32. The predicted octanol–water partition coefficient (Wildman–Crippen LogP) is 2.87. The fraction of sp³-hybridized carbons (Fsp3) is 0.278. The third kappa shape index (κ3) is 4.29. The van der Waals surface area contributed by atoms with Crippen molar-refractivity contribution < 1.29 is 13.2 Å². The Kier molecular flexibility index (Phi) is 6.52. The Morgan fingerprint density at radius 2 is 1.77 bits per heavy atom. The van der Waals surface area contributed by atoms with Crippen LogP contribution < -0.4 is 5.14 Å². The lowest BCUT2D eigenvalue weighted by Crippen LogP contribution is -2.24. The topological polar surface area (TPSA) is 80.5 Å². The number of carbonyl (C=O) groups is 1. The molecular formula is C18H21ClN2O3S2. The second-order valence-corrected chi connectivity index (χ2v) is 8.98. The maximum atomic E-state index is 13.0. The minimum atomic E-state index is -3.82. The molecule has 2 aromatic carbocycles. The van der Waals surface area contributed by atoms with Crippen molar-refractivity contribution in [3.05, 3.63) is 53.6 Å². The van der Waals surface area contributed by atoms with E-state index < -0.39 is 15.9 Å². The zero-order chi connectivity index (χ0) is 18.2. The number of halogens is 1. The first-order valence-corrected chi connectivity index (χ1v) is 10.2. The number of nitrogens with zero attached hydrogens (tertiary/aromatic N) is 1. The molecule has 0 fully saturated rings. The highest BCUT2D eigenvalue weighted by atomic mass is 35.5. The molecule has 1 atom stereocenters. The van der Waals surface area contributed by atoms with E-state index in [2.05, 4.69) is 0 Å². The largest absolute Gasteiger partial charge is 0.309 e. The number of benzene rings is 2. The predicted molar refractivity (Wildman–Crippen MR) is 106 cm³/mol. The van der Waals surface area contributed by atoms with Gasteiger partial charge in [-0.05, 0) is 49.5 Å². The molecule has 26 heavy (non-hydrogen) atoms. The van der Waals surface area contributed by atoms with Crippen LogP contribution in [0.3, 0.4) is 0 Å². The third-order valence-corrected chi connectivity index (χ3v) is 6.29. The second kappa shape index (κ2) is 8.10. The average molecular weight is 413 g/mol. The summed E-state index contributed by atoms with van der Waals surface area (Å²) in [5, 5.41) is 5.28. The maximum Gasteiger partial charge on any atom is 0.238 e. The molecule has 0 aliphatic carbocycles. The minimum Gasteiger partial charge on any atom is -0.309 e. The molecule has 1 aliphatic heterocycles. The van der Waals surface area contributed by atoms with Crippen LogP contribution in [0.5, 0.6) is 0 Å². The van der Waals surface area contributed by atoms with Crippen molar-refractivity contribution in [1.82, 2.24) is 4.90 Å². The van der Waals surface area contributed by atoms with Gasteiger partial charge in [0, 0.05) is 22.8 Å². The number of hydrogen-bond donors (Lipinski definition) is 1. The molecule has 140 valence electrons. The number of carbonyl (C=O) groups excluding carboxylic acids is 1. The molecule has 2 aromatic rings. The molecular weight excluding hydrogens is 392 g/mol. The normalized spacial score (nSPS) is 15.8. The van der Waals surface area contributed by atoms with E-state index in [0.717, 1.165) is 20.9 Å². The summed E-state index contributed by atoms with van der Waals surface area (Å²) in [6, 6.07) is 12.6. The van der Waals surface area contributed by atoms with Gasteiger partial charge in [0.15, 0.2) is 0 Å². The first-order valence-electron chi connectivity index (χ1n) is 7.88. The van der Waals surface area contributed by atoms with Crippen molar-refractivity contribution in [3.8, 4) is 0 Å². The number of fused-ring (bicyclic) bond motifs is 2. The number of primary sulfonamides is 1. The molecule has 8 heteroatoms. The van der Waals surface area contributed by atoms with Crippen LogP contribution in [0, 0.1) is 0 Å². The van der Waals surface area contributed by atoms with E-state index >= 15 is 0 Å². The summed E-state index contributed by atoms with van der Waals surface area (Å²) < 4.78 is 23.5. The van der Waals surface area contributed by atoms with Gasteiger partial charge in [0.1, 0.15) is 5.78 Å². The van der Waals surface area contributed by atoms with E-state index in [-0.39, 0.29) is 23.1 Å². The summed E-state index contributed by atoms with van der Waals surface area (Å²) in [4.78, 5) is 16.9. The van der Waals surface area contributed by atoms with E-state index in [1.54, 1.807) is 23.9 Å². The van der Waals surface area contributed by atoms with E-state index in [1.165, 1.54) is 6.07 Å². The fourth-order valence-electron chi connectivity index (χ4n) is 2.95. The van der Waals surface area contributed by atoms with E-state index in [1.807, 2.05) is 43.3 Å². The van der Waals surface area contributed by atoms with Crippen molar-refractivity contribution >= 4 is 40.0 Å². The average Bonchev–Trinajstić information content (AvgIpc) is 2.56. The van der Waals surface area contributed by atoms with Crippen LogP contribution >= 0.6 is 24.2 Å². The first kappa shape index (κ1) is 20.9. The quantitative estimate of drug-likeness (QED) is 0.816. The number of hydrogen-bond acceptors (Lipinski definition) is 5. The standard InChI is InChI=1S/C18H20N2O3S2.ClH/c1-20(2)10-9-15(21)18-13-5-3-4-6-16(13)24-17-8-7-12(11-14(17)18)25(19,22)23;/h3-8,11,18H,9-10H2,1-2H3,(H2,19,22,23);1H. The number of nitrogens with two attached hydrogens (primary N) is 1.